The van der Waals surface area contributed by atoms with Crippen LogP contribution in [0.25, 0.3) is 0 Å². The monoisotopic (exact) mass is 482 g/mol. The predicted octanol–water partition coefficient (Wildman–Crippen LogP) is 5.28. The van der Waals surface area contributed by atoms with Crippen LogP contribution >= 0.6 is 11.6 Å². The molecular weight excluding hydrogens is 456 g/mol. The molecule has 7 heteroatoms. The van der Waals surface area contributed by atoms with Crippen molar-refractivity contribution in [1.29, 1.82) is 0 Å². The SMILES string of the molecule is CC(C)[C@H]1CC[C@@H](C)C[C@@H]1OC(=O)COC(=O)c1ccc2c(c1Cl)C(=O)c1ccccc1C2=O. The van der Waals surface area contributed by atoms with Crippen molar-refractivity contribution in [2.24, 2.45) is 17.8 Å². The quantitative estimate of drug-likeness (QED) is 0.460. The molecule has 0 spiro atoms. The summed E-state index contributed by atoms with van der Waals surface area (Å²) in [6.45, 7) is 5.81. The van der Waals surface area contributed by atoms with Crippen LogP contribution in [0.15, 0.2) is 36.4 Å². The van der Waals surface area contributed by atoms with Gasteiger partial charge in [0.05, 0.1) is 16.1 Å². The number of halogens is 1. The molecule has 0 aliphatic heterocycles. The summed E-state index contributed by atoms with van der Waals surface area (Å²) in [6, 6.07) is 9.19. The second kappa shape index (κ2) is 9.71. The van der Waals surface area contributed by atoms with Gasteiger partial charge in [0.15, 0.2) is 18.2 Å². The molecule has 2 aliphatic rings. The highest BCUT2D eigenvalue weighted by atomic mass is 35.5. The van der Waals surface area contributed by atoms with E-state index in [4.69, 9.17) is 21.1 Å². The van der Waals surface area contributed by atoms with Crippen LogP contribution in [0.2, 0.25) is 5.02 Å². The number of ether oxygens (including phenoxy) is 2. The van der Waals surface area contributed by atoms with E-state index < -0.39 is 24.3 Å². The highest BCUT2D eigenvalue weighted by Crippen LogP contribution is 2.36. The van der Waals surface area contributed by atoms with Crippen molar-refractivity contribution in [1.82, 2.24) is 0 Å². The lowest BCUT2D eigenvalue weighted by Crippen LogP contribution is -2.36. The van der Waals surface area contributed by atoms with Gasteiger partial charge in [0.1, 0.15) is 6.10 Å². The minimum absolute atomic E-state index is 0.0293. The summed E-state index contributed by atoms with van der Waals surface area (Å²) in [5, 5.41) is -0.162. The standard InChI is InChI=1S/C27H27ClO6/c1-14(2)16-9-8-15(3)12-21(16)34-22(29)13-33-27(32)20-11-10-19-23(24(20)28)26(31)18-7-5-4-6-17(18)25(19)30/h4-7,10-11,14-16,21H,8-9,12-13H2,1-3H3/t15-,16-,21+/m1/s1. The number of rotatable bonds is 5. The Kier molecular flexibility index (Phi) is 6.89. The van der Waals surface area contributed by atoms with E-state index in [1.54, 1.807) is 24.3 Å². The number of carbonyl (C=O) groups excluding carboxylic acids is 4. The Morgan fingerprint density at radius 3 is 2.35 bits per heavy atom. The molecule has 6 nitrogen and oxygen atoms in total. The number of hydrogen-bond acceptors (Lipinski definition) is 6. The van der Waals surface area contributed by atoms with Gasteiger partial charge in [-0.1, -0.05) is 63.1 Å². The highest BCUT2D eigenvalue weighted by molar-refractivity contribution is 6.41. The van der Waals surface area contributed by atoms with Gasteiger partial charge in [-0.05, 0) is 42.7 Å². The number of hydrogen-bond donors (Lipinski definition) is 0. The first-order chi connectivity index (χ1) is 16.2. The van der Waals surface area contributed by atoms with Gasteiger partial charge in [-0.3, -0.25) is 9.59 Å². The molecule has 2 aromatic carbocycles. The molecule has 2 aromatic rings. The largest absolute Gasteiger partial charge is 0.460 e. The number of benzene rings is 2. The minimum atomic E-state index is -0.860. The molecule has 0 aromatic heterocycles. The molecule has 0 saturated heterocycles. The Balaban J connectivity index is 1.47. The van der Waals surface area contributed by atoms with Crippen molar-refractivity contribution in [2.75, 3.05) is 6.61 Å². The molecule has 3 atom stereocenters. The van der Waals surface area contributed by atoms with E-state index in [-0.39, 0.29) is 45.1 Å². The fraction of sp³-hybridized carbons (Fsp3) is 0.407. The summed E-state index contributed by atoms with van der Waals surface area (Å²) in [5.41, 5.74) is 0.553. The van der Waals surface area contributed by atoms with Crippen molar-refractivity contribution in [3.63, 3.8) is 0 Å². The van der Waals surface area contributed by atoms with Crippen molar-refractivity contribution >= 4 is 35.1 Å². The van der Waals surface area contributed by atoms with Crippen molar-refractivity contribution in [3.8, 4) is 0 Å². The number of carbonyl (C=O) groups is 4. The zero-order valence-electron chi connectivity index (χ0n) is 19.4. The third kappa shape index (κ3) is 4.51. The van der Waals surface area contributed by atoms with E-state index in [0.717, 1.165) is 19.3 Å². The van der Waals surface area contributed by atoms with Crippen LogP contribution < -0.4 is 0 Å². The van der Waals surface area contributed by atoms with Crippen LogP contribution in [0.3, 0.4) is 0 Å². The first-order valence-corrected chi connectivity index (χ1v) is 11.9. The molecule has 2 aliphatic carbocycles. The molecule has 0 radical (unpaired) electrons. The van der Waals surface area contributed by atoms with Gasteiger partial charge in [-0.2, -0.15) is 0 Å². The van der Waals surface area contributed by atoms with Crippen molar-refractivity contribution < 1.29 is 28.7 Å². The summed E-state index contributed by atoms with van der Waals surface area (Å²) < 4.78 is 10.8. The Morgan fingerprint density at radius 2 is 1.68 bits per heavy atom. The molecule has 4 rings (SSSR count). The summed E-state index contributed by atoms with van der Waals surface area (Å²) in [5.74, 6) is -1.12. The summed E-state index contributed by atoms with van der Waals surface area (Å²) in [7, 11) is 0. The first-order valence-electron chi connectivity index (χ1n) is 11.6. The van der Waals surface area contributed by atoms with Crippen LogP contribution in [0.5, 0.6) is 0 Å². The molecule has 0 N–H and O–H groups in total. The predicted molar refractivity (Wildman–Crippen MR) is 126 cm³/mol. The molecule has 1 fully saturated rings. The number of fused-ring (bicyclic) bond motifs is 2. The molecule has 0 amide bonds. The topological polar surface area (TPSA) is 86.7 Å². The molecule has 0 unspecified atom stereocenters. The van der Waals surface area contributed by atoms with Crippen molar-refractivity contribution in [3.05, 3.63) is 69.2 Å². The van der Waals surface area contributed by atoms with Crippen LogP contribution in [-0.4, -0.2) is 36.2 Å². The molecule has 178 valence electrons. The van der Waals surface area contributed by atoms with E-state index in [2.05, 4.69) is 20.8 Å². The minimum Gasteiger partial charge on any atom is -0.460 e. The number of ketones is 2. The van der Waals surface area contributed by atoms with Gasteiger partial charge in [-0.25, -0.2) is 9.59 Å². The van der Waals surface area contributed by atoms with Crippen LogP contribution in [0.1, 0.15) is 82.2 Å². The Hall–Kier alpha value is -2.99. The third-order valence-corrected chi connectivity index (χ3v) is 7.21. The molecular formula is C27H27ClO6. The highest BCUT2D eigenvalue weighted by Gasteiger charge is 2.35. The van der Waals surface area contributed by atoms with Gasteiger partial charge in [-0.15, -0.1) is 0 Å². The van der Waals surface area contributed by atoms with Gasteiger partial charge < -0.3 is 9.47 Å². The van der Waals surface area contributed by atoms with E-state index >= 15 is 0 Å². The Labute approximate surface area is 203 Å². The molecule has 0 heterocycles. The van der Waals surface area contributed by atoms with Gasteiger partial charge in [0.25, 0.3) is 0 Å². The zero-order chi connectivity index (χ0) is 24.6. The van der Waals surface area contributed by atoms with E-state index in [0.29, 0.717) is 17.4 Å². The lowest BCUT2D eigenvalue weighted by Gasteiger charge is -2.36. The Bertz CT molecular complexity index is 1170. The summed E-state index contributed by atoms with van der Waals surface area (Å²) >= 11 is 6.40. The normalized spacial score (nSPS) is 21.6. The van der Waals surface area contributed by atoms with Crippen LogP contribution in [0.4, 0.5) is 0 Å². The maximum atomic E-state index is 13.0. The Morgan fingerprint density at radius 1 is 1.00 bits per heavy atom. The van der Waals surface area contributed by atoms with E-state index in [9.17, 15) is 19.2 Å². The lowest BCUT2D eigenvalue weighted by molar-refractivity contribution is -0.159. The number of esters is 2. The summed E-state index contributed by atoms with van der Waals surface area (Å²) in [4.78, 5) is 50.9. The molecule has 34 heavy (non-hydrogen) atoms. The third-order valence-electron chi connectivity index (χ3n) is 6.82. The average molecular weight is 483 g/mol. The lowest BCUT2D eigenvalue weighted by atomic mass is 9.75. The van der Waals surface area contributed by atoms with Crippen LogP contribution in [0, 0.1) is 17.8 Å². The first kappa shape index (κ1) is 24.1. The second-order valence-electron chi connectivity index (χ2n) is 9.48. The van der Waals surface area contributed by atoms with Crippen molar-refractivity contribution in [2.45, 2.75) is 46.1 Å². The average Bonchev–Trinajstić information content (AvgIpc) is 2.80. The fourth-order valence-corrected chi connectivity index (χ4v) is 5.29. The van der Waals surface area contributed by atoms with E-state index in [1.165, 1.54) is 12.1 Å². The molecule has 0 bridgehead atoms. The van der Waals surface area contributed by atoms with E-state index in [1.807, 2.05) is 0 Å². The van der Waals surface area contributed by atoms with Gasteiger partial charge >= 0.3 is 11.9 Å². The van der Waals surface area contributed by atoms with Gasteiger partial charge in [0, 0.05) is 16.7 Å². The smallest absolute Gasteiger partial charge is 0.344 e. The second-order valence-corrected chi connectivity index (χ2v) is 9.86. The van der Waals surface area contributed by atoms with Gasteiger partial charge in [0.2, 0.25) is 0 Å². The molecule has 1 saturated carbocycles. The van der Waals surface area contributed by atoms with Crippen LogP contribution in [-0.2, 0) is 14.3 Å². The fourth-order valence-electron chi connectivity index (χ4n) is 4.96. The zero-order valence-corrected chi connectivity index (χ0v) is 20.2. The maximum absolute atomic E-state index is 13.0. The maximum Gasteiger partial charge on any atom is 0.344 e. The summed E-state index contributed by atoms with van der Waals surface area (Å²) in [6.07, 6.45) is 2.69.